The predicted molar refractivity (Wildman–Crippen MR) is 49.5 cm³/mol. The number of hydrogen-bond donors (Lipinski definition) is 0. The first-order valence-electron chi connectivity index (χ1n) is 4.81. The van der Waals surface area contributed by atoms with Crippen LogP contribution in [0.2, 0.25) is 0 Å². The molecule has 1 fully saturated rings. The Balaban J connectivity index is 2.59. The minimum absolute atomic E-state index is 0.586. The van der Waals surface area contributed by atoms with Gasteiger partial charge in [0.25, 0.3) is 0 Å². The molecule has 11 heavy (non-hydrogen) atoms. The molecule has 0 bridgehead atoms. The van der Waals surface area contributed by atoms with Gasteiger partial charge in [-0.2, -0.15) is 0 Å². The lowest BCUT2D eigenvalue weighted by Crippen LogP contribution is -2.53. The van der Waals surface area contributed by atoms with Crippen LogP contribution >= 0.6 is 0 Å². The summed E-state index contributed by atoms with van der Waals surface area (Å²) in [6.07, 6.45) is 2.83. The van der Waals surface area contributed by atoms with E-state index >= 15 is 0 Å². The van der Waals surface area contributed by atoms with Gasteiger partial charge in [0.1, 0.15) is 0 Å². The average molecular weight is 156 g/mol. The predicted octanol–water partition coefficient (Wildman–Crippen LogP) is 2.27. The van der Waals surface area contributed by atoms with Gasteiger partial charge >= 0.3 is 0 Å². The fraction of sp³-hybridized carbons (Fsp3) is 1.00. The summed E-state index contributed by atoms with van der Waals surface area (Å²) < 4.78 is 1.28. The van der Waals surface area contributed by atoms with E-state index < -0.39 is 0 Å². The summed E-state index contributed by atoms with van der Waals surface area (Å²) in [6.45, 7) is 11.2. The standard InChI is InChI=1S/C10H22N/c1-5-11(4)8-6-7-10(2,3)9-11/h5-9H2,1-4H3/q+1/t11-/m0/s1. The second kappa shape index (κ2) is 2.78. The van der Waals surface area contributed by atoms with Crippen LogP contribution in [-0.4, -0.2) is 31.2 Å². The van der Waals surface area contributed by atoms with Crippen molar-refractivity contribution in [2.24, 2.45) is 5.41 Å². The first-order chi connectivity index (χ1) is 4.97. The van der Waals surface area contributed by atoms with Gasteiger partial charge in [0, 0.05) is 5.41 Å². The topological polar surface area (TPSA) is 0 Å². The van der Waals surface area contributed by atoms with E-state index in [-0.39, 0.29) is 0 Å². The van der Waals surface area contributed by atoms with Crippen LogP contribution in [0.15, 0.2) is 0 Å². The van der Waals surface area contributed by atoms with Crippen LogP contribution in [0.4, 0.5) is 0 Å². The Hall–Kier alpha value is -0.0400. The Kier molecular flexibility index (Phi) is 2.29. The third-order valence-corrected chi connectivity index (χ3v) is 3.12. The Labute approximate surface area is 71.0 Å². The second-order valence-corrected chi connectivity index (χ2v) is 5.09. The van der Waals surface area contributed by atoms with Gasteiger partial charge in [-0.3, -0.25) is 0 Å². The molecule has 0 aliphatic carbocycles. The van der Waals surface area contributed by atoms with Gasteiger partial charge in [-0.05, 0) is 19.8 Å². The van der Waals surface area contributed by atoms with Crippen molar-refractivity contribution in [3.8, 4) is 0 Å². The summed E-state index contributed by atoms with van der Waals surface area (Å²) in [6, 6.07) is 0. The van der Waals surface area contributed by atoms with Crippen molar-refractivity contribution in [2.45, 2.75) is 33.6 Å². The van der Waals surface area contributed by atoms with Crippen LogP contribution < -0.4 is 0 Å². The zero-order valence-electron chi connectivity index (χ0n) is 8.48. The molecule has 66 valence electrons. The normalized spacial score (nSPS) is 37.1. The summed E-state index contributed by atoms with van der Waals surface area (Å²) in [5.74, 6) is 0. The Bertz CT molecular complexity index is 140. The van der Waals surface area contributed by atoms with E-state index in [0.29, 0.717) is 5.41 Å². The largest absolute Gasteiger partial charge is 0.326 e. The molecule has 0 aromatic carbocycles. The minimum Gasteiger partial charge on any atom is -0.326 e. The summed E-state index contributed by atoms with van der Waals surface area (Å²) in [4.78, 5) is 0. The van der Waals surface area contributed by atoms with E-state index in [1.54, 1.807) is 0 Å². The Morgan fingerprint density at radius 1 is 1.36 bits per heavy atom. The highest BCUT2D eigenvalue weighted by Crippen LogP contribution is 2.31. The average Bonchev–Trinajstić information content (AvgIpc) is 1.85. The SMILES string of the molecule is CC[N@@+]1(C)CCCC(C)(C)C1. The lowest BCUT2D eigenvalue weighted by atomic mass is 9.83. The van der Waals surface area contributed by atoms with Gasteiger partial charge in [0.15, 0.2) is 0 Å². The highest BCUT2D eigenvalue weighted by molar-refractivity contribution is 4.71. The van der Waals surface area contributed by atoms with Gasteiger partial charge in [-0.1, -0.05) is 13.8 Å². The van der Waals surface area contributed by atoms with Gasteiger partial charge in [0.2, 0.25) is 0 Å². The number of rotatable bonds is 1. The zero-order valence-corrected chi connectivity index (χ0v) is 8.48. The highest BCUT2D eigenvalue weighted by atomic mass is 15.3. The van der Waals surface area contributed by atoms with Crippen molar-refractivity contribution in [1.29, 1.82) is 0 Å². The molecule has 1 rings (SSSR count). The van der Waals surface area contributed by atoms with Gasteiger partial charge in [0.05, 0.1) is 26.7 Å². The molecule has 0 saturated carbocycles. The van der Waals surface area contributed by atoms with Crippen LogP contribution in [0.3, 0.4) is 0 Å². The molecular weight excluding hydrogens is 134 g/mol. The number of likely N-dealkylation sites (tertiary alicyclic amines) is 1. The molecule has 1 heteroatoms. The molecule has 0 radical (unpaired) electrons. The third kappa shape index (κ3) is 2.19. The van der Waals surface area contributed by atoms with Gasteiger partial charge in [-0.15, -0.1) is 0 Å². The molecule has 0 unspecified atom stereocenters. The first kappa shape index (κ1) is 9.05. The smallest absolute Gasteiger partial charge is 0.0836 e. The molecule has 0 aromatic rings. The molecule has 1 atom stereocenters. The van der Waals surface area contributed by atoms with Crippen molar-refractivity contribution in [3.05, 3.63) is 0 Å². The summed E-state index contributed by atoms with van der Waals surface area (Å²) in [5, 5.41) is 0. The van der Waals surface area contributed by atoms with Gasteiger partial charge in [-0.25, -0.2) is 0 Å². The fourth-order valence-electron chi connectivity index (χ4n) is 2.40. The van der Waals surface area contributed by atoms with Crippen molar-refractivity contribution in [1.82, 2.24) is 0 Å². The molecule has 0 aromatic heterocycles. The summed E-state index contributed by atoms with van der Waals surface area (Å²) >= 11 is 0. The van der Waals surface area contributed by atoms with E-state index in [1.165, 1.54) is 37.0 Å². The van der Waals surface area contributed by atoms with E-state index in [9.17, 15) is 0 Å². The van der Waals surface area contributed by atoms with Crippen molar-refractivity contribution >= 4 is 0 Å². The Morgan fingerprint density at radius 3 is 2.36 bits per heavy atom. The molecular formula is C10H22N+. The number of hydrogen-bond acceptors (Lipinski definition) is 0. The monoisotopic (exact) mass is 156 g/mol. The summed E-state index contributed by atoms with van der Waals surface area (Å²) in [5.41, 5.74) is 0.586. The van der Waals surface area contributed by atoms with Crippen LogP contribution in [0.25, 0.3) is 0 Å². The number of piperidine rings is 1. The van der Waals surface area contributed by atoms with Gasteiger partial charge < -0.3 is 4.48 Å². The lowest BCUT2D eigenvalue weighted by molar-refractivity contribution is -0.919. The highest BCUT2D eigenvalue weighted by Gasteiger charge is 2.34. The fourth-order valence-corrected chi connectivity index (χ4v) is 2.40. The number of quaternary nitrogens is 1. The molecule has 1 aliphatic heterocycles. The van der Waals surface area contributed by atoms with E-state index in [2.05, 4.69) is 27.8 Å². The lowest BCUT2D eigenvalue weighted by Gasteiger charge is -2.44. The van der Waals surface area contributed by atoms with E-state index in [0.717, 1.165) is 0 Å². The molecule has 0 N–H and O–H groups in total. The quantitative estimate of drug-likeness (QED) is 0.511. The van der Waals surface area contributed by atoms with E-state index in [1.807, 2.05) is 0 Å². The Morgan fingerprint density at radius 2 is 2.00 bits per heavy atom. The van der Waals surface area contributed by atoms with Crippen molar-refractivity contribution in [3.63, 3.8) is 0 Å². The van der Waals surface area contributed by atoms with Crippen molar-refractivity contribution in [2.75, 3.05) is 26.7 Å². The molecule has 1 aliphatic rings. The molecule has 1 saturated heterocycles. The first-order valence-corrected chi connectivity index (χ1v) is 4.81. The third-order valence-electron chi connectivity index (χ3n) is 3.12. The maximum absolute atomic E-state index is 2.40. The molecule has 1 nitrogen and oxygen atoms in total. The number of nitrogens with zero attached hydrogens (tertiary/aromatic N) is 1. The van der Waals surface area contributed by atoms with Crippen LogP contribution in [0, 0.1) is 5.41 Å². The minimum atomic E-state index is 0.586. The van der Waals surface area contributed by atoms with Crippen LogP contribution in [0.1, 0.15) is 33.6 Å². The maximum atomic E-state index is 2.40. The molecule has 1 heterocycles. The van der Waals surface area contributed by atoms with E-state index in [4.69, 9.17) is 0 Å². The maximum Gasteiger partial charge on any atom is 0.0836 e. The molecule has 0 spiro atoms. The van der Waals surface area contributed by atoms with Crippen LogP contribution in [-0.2, 0) is 0 Å². The molecule has 0 amide bonds. The zero-order chi connectivity index (χ0) is 8.54. The second-order valence-electron chi connectivity index (χ2n) is 5.09. The summed E-state index contributed by atoms with van der Waals surface area (Å²) in [7, 11) is 2.39. The van der Waals surface area contributed by atoms with Crippen LogP contribution in [0.5, 0.6) is 0 Å². The van der Waals surface area contributed by atoms with Crippen molar-refractivity contribution < 1.29 is 4.48 Å².